The molecular weight excluding hydrogens is 128 g/mol. The fourth-order valence-corrected chi connectivity index (χ4v) is 0.538. The van der Waals surface area contributed by atoms with Crippen molar-refractivity contribution in [1.82, 2.24) is 0 Å². The molecule has 2 nitrogen and oxygen atoms in total. The zero-order valence-electron chi connectivity index (χ0n) is 6.89. The molecule has 10 heavy (non-hydrogen) atoms. The first-order valence-electron chi connectivity index (χ1n) is 3.69. The first-order chi connectivity index (χ1) is 4.70. The van der Waals surface area contributed by atoms with E-state index >= 15 is 0 Å². The summed E-state index contributed by atoms with van der Waals surface area (Å²) in [6.45, 7) is 5.69. The Balaban J connectivity index is 3.37. The van der Waals surface area contributed by atoms with Crippen molar-refractivity contribution in [3.63, 3.8) is 0 Å². The molecule has 0 N–H and O–H groups in total. The van der Waals surface area contributed by atoms with Crippen molar-refractivity contribution >= 4 is 5.97 Å². The lowest BCUT2D eigenvalue weighted by atomic mass is 10.3. The van der Waals surface area contributed by atoms with Crippen LogP contribution in [0.4, 0.5) is 0 Å². The Bertz CT molecular complexity index is 99.4. The molecule has 0 saturated heterocycles. The lowest BCUT2D eigenvalue weighted by molar-refractivity contribution is -0.146. The van der Waals surface area contributed by atoms with Crippen LogP contribution in [0.1, 0.15) is 33.6 Å². The number of hydrogen-bond acceptors (Lipinski definition) is 2. The zero-order chi connectivity index (χ0) is 7.98. The molecule has 1 atom stereocenters. The predicted molar refractivity (Wildman–Crippen MR) is 40.4 cm³/mol. The molecule has 0 aliphatic heterocycles. The van der Waals surface area contributed by atoms with Gasteiger partial charge in [0.2, 0.25) is 0 Å². The maximum Gasteiger partial charge on any atom is 0.306 e. The van der Waals surface area contributed by atoms with E-state index in [2.05, 4.69) is 0 Å². The lowest BCUT2D eigenvalue weighted by Crippen LogP contribution is -2.13. The number of carbonyl (C=O) groups excluding carboxylic acids is 1. The van der Waals surface area contributed by atoms with Gasteiger partial charge in [-0.05, 0) is 19.8 Å². The molecule has 0 aliphatic rings. The van der Waals surface area contributed by atoms with Crippen LogP contribution in [0.25, 0.3) is 0 Å². The minimum Gasteiger partial charge on any atom is -0.462 e. The molecule has 0 amide bonds. The van der Waals surface area contributed by atoms with E-state index in [4.69, 9.17) is 4.74 Å². The molecule has 0 aromatic heterocycles. The average molecular weight is 143 g/mol. The van der Waals surface area contributed by atoms with E-state index in [-0.39, 0.29) is 12.1 Å². The van der Waals surface area contributed by atoms with Gasteiger partial charge in [0, 0.05) is 6.42 Å². The third-order valence-electron chi connectivity index (χ3n) is 1.24. The third kappa shape index (κ3) is 4.36. The van der Waals surface area contributed by atoms with Gasteiger partial charge in [0.15, 0.2) is 0 Å². The van der Waals surface area contributed by atoms with Crippen molar-refractivity contribution in [2.45, 2.75) is 39.7 Å². The Morgan fingerprint density at radius 1 is 1.70 bits per heavy atom. The predicted octanol–water partition coefficient (Wildman–Crippen LogP) is 1.94. The number of hydrogen-bond donors (Lipinski definition) is 0. The van der Waals surface area contributed by atoms with Crippen LogP contribution in [0.2, 0.25) is 0 Å². The molecule has 0 aliphatic carbocycles. The van der Waals surface area contributed by atoms with Crippen LogP contribution in [-0.4, -0.2) is 12.1 Å². The molecule has 0 aromatic carbocycles. The third-order valence-corrected chi connectivity index (χ3v) is 1.24. The second kappa shape index (κ2) is 5.27. The summed E-state index contributed by atoms with van der Waals surface area (Å²) in [5.74, 6) is -0.104. The molecule has 0 spiro atoms. The average Bonchev–Trinajstić information content (AvgIpc) is 1.88. The van der Waals surface area contributed by atoms with Gasteiger partial charge < -0.3 is 4.74 Å². The van der Waals surface area contributed by atoms with Gasteiger partial charge in [-0.2, -0.15) is 0 Å². The maximum atomic E-state index is 10.8. The van der Waals surface area contributed by atoms with Crippen molar-refractivity contribution < 1.29 is 9.53 Å². The molecule has 0 heterocycles. The number of rotatable bonds is 4. The van der Waals surface area contributed by atoms with Crippen LogP contribution in [-0.2, 0) is 9.53 Å². The largest absolute Gasteiger partial charge is 0.462 e. The van der Waals surface area contributed by atoms with Crippen molar-refractivity contribution in [2.24, 2.45) is 0 Å². The van der Waals surface area contributed by atoms with Crippen LogP contribution < -0.4 is 0 Å². The van der Waals surface area contributed by atoms with Gasteiger partial charge in [-0.25, -0.2) is 0 Å². The summed E-state index contributed by atoms with van der Waals surface area (Å²) in [7, 11) is 0. The highest BCUT2D eigenvalue weighted by atomic mass is 16.5. The van der Waals surface area contributed by atoms with E-state index in [0.717, 1.165) is 6.42 Å². The van der Waals surface area contributed by atoms with E-state index in [1.807, 2.05) is 27.2 Å². The quantitative estimate of drug-likeness (QED) is 0.562. The van der Waals surface area contributed by atoms with Gasteiger partial charge in [0.05, 0.1) is 0 Å². The number of esters is 1. The summed E-state index contributed by atoms with van der Waals surface area (Å²) in [6, 6.07) is 0. The summed E-state index contributed by atoms with van der Waals surface area (Å²) in [5.41, 5.74) is 0. The van der Waals surface area contributed by atoms with E-state index in [1.165, 1.54) is 0 Å². The molecule has 0 aromatic rings. The standard InChI is InChI=1S/C8H15O2/c1-4-6-8(9)10-7(3)5-2/h5,7H,4,6H2,1-3H3. The highest BCUT2D eigenvalue weighted by Gasteiger charge is 2.04. The van der Waals surface area contributed by atoms with Gasteiger partial charge in [-0.1, -0.05) is 13.8 Å². The molecule has 0 saturated carbocycles. The SMILES string of the molecule is C[CH]C(C)OC(=O)CCC. The highest BCUT2D eigenvalue weighted by molar-refractivity contribution is 5.69. The fraction of sp³-hybridized carbons (Fsp3) is 0.750. The Kier molecular flexibility index (Phi) is 4.99. The summed E-state index contributed by atoms with van der Waals surface area (Å²) >= 11 is 0. The van der Waals surface area contributed by atoms with Gasteiger partial charge in [0.1, 0.15) is 6.10 Å². The summed E-state index contributed by atoms with van der Waals surface area (Å²) in [5, 5.41) is 0. The minimum absolute atomic E-state index is 0.0425. The highest BCUT2D eigenvalue weighted by Crippen LogP contribution is 1.98. The van der Waals surface area contributed by atoms with Crippen LogP contribution in [0, 0.1) is 6.42 Å². The van der Waals surface area contributed by atoms with E-state index in [9.17, 15) is 4.79 Å². The van der Waals surface area contributed by atoms with Crippen LogP contribution in [0.15, 0.2) is 0 Å². The summed E-state index contributed by atoms with van der Waals surface area (Å²) in [4.78, 5) is 10.8. The van der Waals surface area contributed by atoms with Gasteiger partial charge in [-0.3, -0.25) is 4.79 Å². The van der Waals surface area contributed by atoms with Crippen molar-refractivity contribution in [3.8, 4) is 0 Å². The van der Waals surface area contributed by atoms with Gasteiger partial charge in [0.25, 0.3) is 0 Å². The molecular formula is C8H15O2. The molecule has 2 heteroatoms. The fourth-order valence-electron chi connectivity index (χ4n) is 0.538. The second-order valence-corrected chi connectivity index (χ2v) is 2.28. The first kappa shape index (κ1) is 9.47. The Morgan fingerprint density at radius 3 is 2.70 bits per heavy atom. The van der Waals surface area contributed by atoms with Crippen molar-refractivity contribution in [1.29, 1.82) is 0 Å². The molecule has 0 rings (SSSR count). The second-order valence-electron chi connectivity index (χ2n) is 2.28. The van der Waals surface area contributed by atoms with E-state index in [0.29, 0.717) is 6.42 Å². The van der Waals surface area contributed by atoms with E-state index in [1.54, 1.807) is 0 Å². The summed E-state index contributed by atoms with van der Waals surface area (Å²) < 4.78 is 4.95. The van der Waals surface area contributed by atoms with Gasteiger partial charge >= 0.3 is 5.97 Å². The molecule has 0 bridgehead atoms. The minimum atomic E-state index is -0.104. The Hall–Kier alpha value is -0.530. The number of carbonyl (C=O) groups is 1. The Labute approximate surface area is 62.6 Å². The van der Waals surface area contributed by atoms with Crippen LogP contribution in [0.5, 0.6) is 0 Å². The van der Waals surface area contributed by atoms with Crippen molar-refractivity contribution in [3.05, 3.63) is 6.42 Å². The zero-order valence-corrected chi connectivity index (χ0v) is 6.89. The molecule has 0 fully saturated rings. The lowest BCUT2D eigenvalue weighted by Gasteiger charge is -2.08. The molecule has 1 radical (unpaired) electrons. The smallest absolute Gasteiger partial charge is 0.306 e. The summed E-state index contributed by atoms with van der Waals surface area (Å²) in [6.07, 6.45) is 3.19. The normalized spacial score (nSPS) is 12.7. The monoisotopic (exact) mass is 143 g/mol. The van der Waals surface area contributed by atoms with E-state index < -0.39 is 0 Å². The Morgan fingerprint density at radius 2 is 2.30 bits per heavy atom. The molecule has 59 valence electrons. The van der Waals surface area contributed by atoms with Gasteiger partial charge in [-0.15, -0.1) is 0 Å². The maximum absolute atomic E-state index is 10.8. The van der Waals surface area contributed by atoms with Crippen molar-refractivity contribution in [2.75, 3.05) is 0 Å². The first-order valence-corrected chi connectivity index (χ1v) is 3.69. The number of ether oxygens (including phenoxy) is 1. The van der Waals surface area contributed by atoms with Crippen LogP contribution in [0.3, 0.4) is 0 Å². The van der Waals surface area contributed by atoms with Crippen LogP contribution >= 0.6 is 0 Å². The molecule has 1 unspecified atom stereocenters. The topological polar surface area (TPSA) is 26.3 Å².